The number of ketones is 1. The van der Waals surface area contributed by atoms with Crippen molar-refractivity contribution >= 4 is 40.0 Å². The first kappa shape index (κ1) is 19.0. The molecule has 0 unspecified atom stereocenters. The number of benzene rings is 2. The molecule has 0 spiro atoms. The molecule has 0 aliphatic rings. The molecule has 0 fully saturated rings. The van der Waals surface area contributed by atoms with Crippen LogP contribution in [-0.4, -0.2) is 26.9 Å². The summed E-state index contributed by atoms with van der Waals surface area (Å²) in [7, 11) is 0. The van der Waals surface area contributed by atoms with Crippen LogP contribution in [0.1, 0.15) is 31.1 Å². The summed E-state index contributed by atoms with van der Waals surface area (Å²) in [6.07, 6.45) is 1.52. The maximum atomic E-state index is 12.8. The highest BCUT2D eigenvalue weighted by Crippen LogP contribution is 2.29. The van der Waals surface area contributed by atoms with Crippen molar-refractivity contribution in [3.05, 3.63) is 60.4 Å². The smallest absolute Gasteiger partial charge is 0.226 e. The predicted molar refractivity (Wildman–Crippen MR) is 109 cm³/mol. The number of carbonyl (C=O) groups is 2. The highest BCUT2D eigenvalue weighted by Gasteiger charge is 2.18. The predicted octanol–water partition coefficient (Wildman–Crippen LogP) is 4.59. The van der Waals surface area contributed by atoms with Gasteiger partial charge in [0, 0.05) is 22.6 Å². The van der Waals surface area contributed by atoms with Gasteiger partial charge < -0.3 is 5.32 Å². The van der Waals surface area contributed by atoms with Gasteiger partial charge in [-0.25, -0.2) is 9.97 Å². The van der Waals surface area contributed by atoms with E-state index < -0.39 is 0 Å². The van der Waals surface area contributed by atoms with Crippen molar-refractivity contribution in [2.45, 2.75) is 31.0 Å². The molecule has 0 aliphatic heterocycles. The topological polar surface area (TPSA) is 72.0 Å². The Balaban J connectivity index is 1.72. The lowest BCUT2D eigenvalue weighted by Crippen LogP contribution is -2.18. The van der Waals surface area contributed by atoms with Crippen molar-refractivity contribution in [2.75, 3.05) is 5.32 Å². The zero-order valence-corrected chi connectivity index (χ0v) is 16.3. The number of anilines is 1. The van der Waals surface area contributed by atoms with Gasteiger partial charge in [0.1, 0.15) is 11.4 Å². The molecule has 1 heterocycles. The average Bonchev–Trinajstić information content (AvgIpc) is 2.68. The molecule has 1 N–H and O–H groups in total. The molecule has 0 saturated heterocycles. The van der Waals surface area contributed by atoms with E-state index in [0.717, 1.165) is 15.9 Å². The number of nitrogens with zero attached hydrogens (tertiary/aromatic N) is 2. The van der Waals surface area contributed by atoms with Crippen molar-refractivity contribution in [2.24, 2.45) is 5.92 Å². The summed E-state index contributed by atoms with van der Waals surface area (Å²) < 4.78 is 0. The van der Waals surface area contributed by atoms with Crippen molar-refractivity contribution in [1.29, 1.82) is 0 Å². The third-order valence-corrected chi connectivity index (χ3v) is 5.24. The summed E-state index contributed by atoms with van der Waals surface area (Å²) in [5, 5.41) is 4.27. The zero-order valence-electron chi connectivity index (χ0n) is 15.5. The van der Waals surface area contributed by atoms with E-state index >= 15 is 0 Å². The van der Waals surface area contributed by atoms with Gasteiger partial charge in [0.05, 0.1) is 10.8 Å². The molecule has 2 aromatic carbocycles. The fourth-order valence-corrected chi connectivity index (χ4v) is 3.52. The first-order chi connectivity index (χ1) is 13.0. The Morgan fingerprint density at radius 2 is 1.67 bits per heavy atom. The summed E-state index contributed by atoms with van der Waals surface area (Å²) in [5.74, 6) is -0.122. The van der Waals surface area contributed by atoms with Gasteiger partial charge in [0.2, 0.25) is 5.91 Å². The summed E-state index contributed by atoms with van der Waals surface area (Å²) in [6.45, 7) is 5.55. The molecule has 1 aromatic heterocycles. The molecule has 0 bridgehead atoms. The Morgan fingerprint density at radius 1 is 0.963 bits per heavy atom. The average molecular weight is 379 g/mol. The number of para-hydroxylation sites is 1. The molecule has 6 heteroatoms. The molecule has 0 radical (unpaired) electrons. The molecule has 0 aliphatic carbocycles. The number of hydrogen-bond acceptors (Lipinski definition) is 5. The van der Waals surface area contributed by atoms with Crippen molar-refractivity contribution in [3.8, 4) is 0 Å². The molecule has 3 aromatic rings. The number of amides is 1. The highest BCUT2D eigenvalue weighted by molar-refractivity contribution is 8.00. The molecular formula is C21H21N3O2S. The van der Waals surface area contributed by atoms with Gasteiger partial charge in [-0.1, -0.05) is 43.8 Å². The summed E-state index contributed by atoms with van der Waals surface area (Å²) in [4.78, 5) is 33.1. The normalized spacial score (nSPS) is 12.1. The largest absolute Gasteiger partial charge is 0.326 e. The zero-order chi connectivity index (χ0) is 19.4. The number of carbonyl (C=O) groups excluding carboxylic acids is 2. The van der Waals surface area contributed by atoms with Gasteiger partial charge in [-0.3, -0.25) is 9.59 Å². The van der Waals surface area contributed by atoms with Gasteiger partial charge >= 0.3 is 0 Å². The summed E-state index contributed by atoms with van der Waals surface area (Å²) >= 11 is 1.42. The molecule has 27 heavy (non-hydrogen) atoms. The van der Waals surface area contributed by atoms with Gasteiger partial charge in [-0.15, -0.1) is 0 Å². The first-order valence-corrected chi connectivity index (χ1v) is 9.65. The van der Waals surface area contributed by atoms with Crippen molar-refractivity contribution in [1.82, 2.24) is 9.97 Å². The minimum atomic E-state index is -0.292. The van der Waals surface area contributed by atoms with Crippen LogP contribution in [-0.2, 0) is 4.79 Å². The second-order valence-electron chi connectivity index (χ2n) is 6.54. The van der Waals surface area contributed by atoms with Gasteiger partial charge in [0.25, 0.3) is 0 Å². The monoisotopic (exact) mass is 379 g/mol. The standard InChI is InChI=1S/C21H21N3O2S/c1-13(2)20(26)24-16-10-8-15(9-11-16)19(25)14(3)27-21-17-6-4-5-7-18(17)22-12-23-21/h4-14H,1-3H3,(H,24,26)/t14-/m0/s1. The van der Waals surface area contributed by atoms with Crippen LogP contribution in [0.3, 0.4) is 0 Å². The van der Waals surface area contributed by atoms with Crippen LogP contribution >= 0.6 is 11.8 Å². The van der Waals surface area contributed by atoms with Crippen LogP contribution in [0, 0.1) is 5.92 Å². The number of nitrogens with one attached hydrogen (secondary N) is 1. The SMILES string of the molecule is CC(C)C(=O)Nc1ccc(C(=O)[C@H](C)Sc2ncnc3ccccc23)cc1. The van der Waals surface area contributed by atoms with E-state index in [9.17, 15) is 9.59 Å². The van der Waals surface area contributed by atoms with Crippen LogP contribution < -0.4 is 5.32 Å². The summed E-state index contributed by atoms with van der Waals surface area (Å²) in [5.41, 5.74) is 2.16. The quantitative estimate of drug-likeness (QED) is 0.385. The lowest BCUT2D eigenvalue weighted by atomic mass is 10.1. The molecule has 5 nitrogen and oxygen atoms in total. The number of hydrogen-bond donors (Lipinski definition) is 1. The van der Waals surface area contributed by atoms with Crippen LogP contribution in [0.15, 0.2) is 59.9 Å². The number of fused-ring (bicyclic) bond motifs is 1. The Kier molecular flexibility index (Phi) is 5.86. The van der Waals surface area contributed by atoms with Crippen molar-refractivity contribution in [3.63, 3.8) is 0 Å². The van der Waals surface area contributed by atoms with E-state index in [2.05, 4.69) is 15.3 Å². The lowest BCUT2D eigenvalue weighted by Gasteiger charge is -2.12. The molecule has 1 amide bonds. The second-order valence-corrected chi connectivity index (χ2v) is 7.87. The van der Waals surface area contributed by atoms with Crippen LogP contribution in [0.2, 0.25) is 0 Å². The van der Waals surface area contributed by atoms with Gasteiger partial charge in [-0.05, 0) is 37.3 Å². The second kappa shape index (κ2) is 8.31. The molecular weight excluding hydrogens is 358 g/mol. The Bertz CT molecular complexity index is 965. The fraction of sp³-hybridized carbons (Fsp3) is 0.238. The van der Waals surface area contributed by atoms with E-state index in [0.29, 0.717) is 11.3 Å². The van der Waals surface area contributed by atoms with E-state index in [1.165, 1.54) is 18.1 Å². The van der Waals surface area contributed by atoms with E-state index in [-0.39, 0.29) is 22.9 Å². The molecule has 0 saturated carbocycles. The third kappa shape index (κ3) is 4.52. The van der Waals surface area contributed by atoms with E-state index in [1.807, 2.05) is 45.0 Å². The Labute approximate surface area is 162 Å². The lowest BCUT2D eigenvalue weighted by molar-refractivity contribution is -0.118. The molecule has 138 valence electrons. The first-order valence-electron chi connectivity index (χ1n) is 8.77. The molecule has 3 rings (SSSR count). The summed E-state index contributed by atoms with van der Waals surface area (Å²) in [6, 6.07) is 14.8. The van der Waals surface area contributed by atoms with E-state index in [1.54, 1.807) is 24.3 Å². The maximum absolute atomic E-state index is 12.8. The van der Waals surface area contributed by atoms with Gasteiger partial charge in [-0.2, -0.15) is 0 Å². The highest BCUT2D eigenvalue weighted by atomic mass is 32.2. The van der Waals surface area contributed by atoms with Crippen LogP contribution in [0.25, 0.3) is 10.9 Å². The minimum Gasteiger partial charge on any atom is -0.326 e. The Hall–Kier alpha value is -2.73. The van der Waals surface area contributed by atoms with Crippen LogP contribution in [0.5, 0.6) is 0 Å². The number of rotatable bonds is 6. The number of thioether (sulfide) groups is 1. The number of Topliss-reactive ketones (excluding diaryl/α,β-unsaturated/α-hetero) is 1. The number of aromatic nitrogens is 2. The van der Waals surface area contributed by atoms with E-state index in [4.69, 9.17) is 0 Å². The Morgan fingerprint density at radius 3 is 2.37 bits per heavy atom. The van der Waals surface area contributed by atoms with Crippen molar-refractivity contribution < 1.29 is 9.59 Å². The maximum Gasteiger partial charge on any atom is 0.226 e. The molecule has 1 atom stereocenters. The third-order valence-electron chi connectivity index (χ3n) is 4.13. The fourth-order valence-electron chi connectivity index (χ4n) is 2.53. The minimum absolute atomic E-state index is 0.0180. The van der Waals surface area contributed by atoms with Gasteiger partial charge in [0.15, 0.2) is 5.78 Å². The van der Waals surface area contributed by atoms with Crippen LogP contribution in [0.4, 0.5) is 5.69 Å².